The van der Waals surface area contributed by atoms with Crippen molar-refractivity contribution in [3.05, 3.63) is 70.3 Å². The fourth-order valence-corrected chi connectivity index (χ4v) is 1.80. The number of nitro groups is 1. The highest BCUT2D eigenvalue weighted by molar-refractivity contribution is 5.82. The van der Waals surface area contributed by atoms with E-state index in [1.807, 2.05) is 24.3 Å². The van der Waals surface area contributed by atoms with Gasteiger partial charge in [-0.25, -0.2) is 0 Å². The van der Waals surface area contributed by atoms with Crippen LogP contribution in [0.3, 0.4) is 0 Å². The maximum Gasteiger partial charge on any atom is 0.276 e. The van der Waals surface area contributed by atoms with Crippen molar-refractivity contribution in [1.82, 2.24) is 0 Å². The zero-order valence-electron chi connectivity index (χ0n) is 11.5. The van der Waals surface area contributed by atoms with Crippen LogP contribution in [0.1, 0.15) is 5.56 Å². The van der Waals surface area contributed by atoms with Gasteiger partial charge in [-0.1, -0.05) is 24.3 Å². The average Bonchev–Trinajstić information content (AvgIpc) is 2.52. The molecule has 5 nitrogen and oxygen atoms in total. The van der Waals surface area contributed by atoms with Gasteiger partial charge in [-0.2, -0.15) is 0 Å². The van der Waals surface area contributed by atoms with E-state index in [4.69, 9.17) is 4.74 Å². The van der Waals surface area contributed by atoms with Crippen molar-refractivity contribution >= 4 is 23.7 Å². The molecular formula is C16H14N2O3. The van der Waals surface area contributed by atoms with Gasteiger partial charge in [-0.3, -0.25) is 15.1 Å². The Hall–Kier alpha value is -2.95. The topological polar surface area (TPSA) is 64.7 Å². The summed E-state index contributed by atoms with van der Waals surface area (Å²) in [6.07, 6.45) is 4.89. The fourth-order valence-electron chi connectivity index (χ4n) is 1.80. The van der Waals surface area contributed by atoms with Crippen molar-refractivity contribution in [2.24, 2.45) is 4.99 Å². The molecule has 0 radical (unpaired) electrons. The van der Waals surface area contributed by atoms with E-state index < -0.39 is 4.92 Å². The first-order chi connectivity index (χ1) is 10.2. The summed E-state index contributed by atoms with van der Waals surface area (Å²) in [4.78, 5) is 14.7. The number of nitrogens with zero attached hydrogens (tertiary/aromatic N) is 2. The minimum absolute atomic E-state index is 0.0689. The van der Waals surface area contributed by atoms with E-state index in [0.29, 0.717) is 17.0 Å². The molecule has 0 heterocycles. The third-order valence-electron chi connectivity index (χ3n) is 2.79. The van der Waals surface area contributed by atoms with Gasteiger partial charge in [0.15, 0.2) is 0 Å². The molecule has 0 amide bonds. The Kier molecular flexibility index (Phi) is 4.82. The molecule has 0 fully saturated rings. The first-order valence-corrected chi connectivity index (χ1v) is 6.29. The Bertz CT molecular complexity index is 693. The van der Waals surface area contributed by atoms with Gasteiger partial charge >= 0.3 is 0 Å². The minimum atomic E-state index is -0.406. The van der Waals surface area contributed by atoms with Crippen LogP contribution in [0, 0.1) is 10.1 Å². The molecule has 0 unspecified atom stereocenters. The highest BCUT2D eigenvalue weighted by Gasteiger charge is 2.08. The maximum absolute atomic E-state index is 10.9. The molecule has 5 heteroatoms. The second-order valence-electron chi connectivity index (χ2n) is 4.13. The monoisotopic (exact) mass is 282 g/mol. The molecule has 2 aromatic rings. The number of hydrogen-bond donors (Lipinski definition) is 0. The standard InChI is InChI=1S/C16H14N2O3/c1-21-16-11-5-3-9-14(16)17-12-6-8-13-7-2-4-10-15(13)18(19)20/h2-12H,1H3/b8-6+,17-12?. The number of rotatable bonds is 5. The number of methoxy groups -OCH3 is 1. The molecule has 0 atom stereocenters. The van der Waals surface area contributed by atoms with Crippen molar-refractivity contribution in [1.29, 1.82) is 0 Å². The summed E-state index contributed by atoms with van der Waals surface area (Å²) in [6.45, 7) is 0. The molecular weight excluding hydrogens is 268 g/mol. The van der Waals surface area contributed by atoms with Gasteiger partial charge in [-0.05, 0) is 30.4 Å². The second-order valence-corrected chi connectivity index (χ2v) is 4.13. The van der Waals surface area contributed by atoms with Crippen molar-refractivity contribution < 1.29 is 9.66 Å². The third kappa shape index (κ3) is 3.76. The van der Waals surface area contributed by atoms with Crippen molar-refractivity contribution in [2.75, 3.05) is 7.11 Å². The molecule has 0 aliphatic carbocycles. The molecule has 0 aliphatic heterocycles. The number of nitro benzene ring substituents is 1. The summed E-state index contributed by atoms with van der Waals surface area (Å²) in [5.41, 5.74) is 1.31. The predicted octanol–water partition coefficient (Wildman–Crippen LogP) is 4.02. The number of allylic oxidation sites excluding steroid dienone is 1. The molecule has 21 heavy (non-hydrogen) atoms. The summed E-state index contributed by atoms with van der Waals surface area (Å²) in [5.74, 6) is 0.674. The molecule has 0 bridgehead atoms. The Morgan fingerprint density at radius 3 is 2.62 bits per heavy atom. The van der Waals surface area contributed by atoms with Crippen LogP contribution in [-0.4, -0.2) is 18.2 Å². The number of aliphatic imine (C=N–C) groups is 1. The summed E-state index contributed by atoms with van der Waals surface area (Å²) in [7, 11) is 1.58. The molecule has 0 N–H and O–H groups in total. The van der Waals surface area contributed by atoms with E-state index in [1.54, 1.807) is 43.7 Å². The highest BCUT2D eigenvalue weighted by atomic mass is 16.6. The van der Waals surface area contributed by atoms with Crippen LogP contribution < -0.4 is 4.74 Å². The average molecular weight is 282 g/mol. The number of ether oxygens (including phenoxy) is 1. The fraction of sp³-hybridized carbons (Fsp3) is 0.0625. The number of para-hydroxylation sites is 3. The van der Waals surface area contributed by atoms with Gasteiger partial charge in [-0.15, -0.1) is 0 Å². The molecule has 0 spiro atoms. The minimum Gasteiger partial charge on any atom is -0.494 e. The Morgan fingerprint density at radius 1 is 1.14 bits per heavy atom. The molecule has 0 aromatic heterocycles. The first-order valence-electron chi connectivity index (χ1n) is 6.29. The molecule has 106 valence electrons. The van der Waals surface area contributed by atoms with Crippen LogP contribution in [0.15, 0.2) is 59.6 Å². The summed E-state index contributed by atoms with van der Waals surface area (Å²) in [5, 5.41) is 10.9. The van der Waals surface area contributed by atoms with E-state index in [1.165, 1.54) is 6.07 Å². The van der Waals surface area contributed by atoms with Crippen LogP contribution in [0.25, 0.3) is 6.08 Å². The van der Waals surface area contributed by atoms with Crippen LogP contribution in [-0.2, 0) is 0 Å². The van der Waals surface area contributed by atoms with Crippen molar-refractivity contribution in [2.45, 2.75) is 0 Å². The lowest BCUT2D eigenvalue weighted by molar-refractivity contribution is -0.385. The van der Waals surface area contributed by atoms with Gasteiger partial charge < -0.3 is 4.74 Å². The van der Waals surface area contributed by atoms with E-state index in [2.05, 4.69) is 4.99 Å². The van der Waals surface area contributed by atoms with Crippen LogP contribution >= 0.6 is 0 Å². The highest BCUT2D eigenvalue weighted by Crippen LogP contribution is 2.25. The lowest BCUT2D eigenvalue weighted by Crippen LogP contribution is -1.90. The van der Waals surface area contributed by atoms with Crippen molar-refractivity contribution in [3.63, 3.8) is 0 Å². The van der Waals surface area contributed by atoms with Gasteiger partial charge in [0.1, 0.15) is 11.4 Å². The SMILES string of the molecule is COc1ccccc1N=C/C=C/c1ccccc1[N+](=O)[O-]. The normalized spacial score (nSPS) is 11.1. The van der Waals surface area contributed by atoms with E-state index >= 15 is 0 Å². The van der Waals surface area contributed by atoms with Crippen LogP contribution in [0.5, 0.6) is 5.75 Å². The van der Waals surface area contributed by atoms with Gasteiger partial charge in [0.25, 0.3) is 5.69 Å². The number of benzene rings is 2. The maximum atomic E-state index is 10.9. The zero-order valence-corrected chi connectivity index (χ0v) is 11.5. The van der Waals surface area contributed by atoms with Crippen molar-refractivity contribution in [3.8, 4) is 5.75 Å². The van der Waals surface area contributed by atoms with Gasteiger partial charge in [0.2, 0.25) is 0 Å². The zero-order chi connectivity index (χ0) is 15.1. The second kappa shape index (κ2) is 7.00. The Labute approximate surface area is 122 Å². The summed E-state index contributed by atoms with van der Waals surface area (Å²) < 4.78 is 5.18. The third-order valence-corrected chi connectivity index (χ3v) is 2.79. The van der Waals surface area contributed by atoms with E-state index in [-0.39, 0.29) is 5.69 Å². The van der Waals surface area contributed by atoms with Gasteiger partial charge in [0, 0.05) is 12.3 Å². The summed E-state index contributed by atoms with van der Waals surface area (Å²) in [6, 6.07) is 13.9. The molecule has 0 saturated carbocycles. The van der Waals surface area contributed by atoms with E-state index in [9.17, 15) is 10.1 Å². The molecule has 2 aromatic carbocycles. The molecule has 2 rings (SSSR count). The lowest BCUT2D eigenvalue weighted by Gasteiger charge is -2.01. The van der Waals surface area contributed by atoms with Crippen LogP contribution in [0.4, 0.5) is 11.4 Å². The van der Waals surface area contributed by atoms with Crippen LogP contribution in [0.2, 0.25) is 0 Å². The number of hydrogen-bond acceptors (Lipinski definition) is 4. The molecule has 0 aliphatic rings. The van der Waals surface area contributed by atoms with E-state index in [0.717, 1.165) is 0 Å². The quantitative estimate of drug-likeness (QED) is 0.472. The predicted molar refractivity (Wildman–Crippen MR) is 83.3 cm³/mol. The largest absolute Gasteiger partial charge is 0.494 e. The lowest BCUT2D eigenvalue weighted by atomic mass is 10.1. The Morgan fingerprint density at radius 2 is 1.86 bits per heavy atom. The smallest absolute Gasteiger partial charge is 0.276 e. The first kappa shape index (κ1) is 14.5. The van der Waals surface area contributed by atoms with Gasteiger partial charge in [0.05, 0.1) is 17.6 Å². The molecule has 0 saturated heterocycles. The summed E-state index contributed by atoms with van der Waals surface area (Å²) >= 11 is 0. The Balaban J connectivity index is 2.16.